The summed E-state index contributed by atoms with van der Waals surface area (Å²) in [6.07, 6.45) is 6.48. The minimum absolute atomic E-state index is 0.0448. The van der Waals surface area contributed by atoms with Crippen molar-refractivity contribution in [3.8, 4) is 0 Å². The molecular weight excluding hydrogens is 328 g/mol. The standard InChI is InChI=1S/C21H24N2O3/c1-21(2,3)23-19(25)16-9-8-13(10-17(16)20(23)26)18(24)22-11-14-6-4-5-7-15(14)12-22/h4-5,8-10,14-15H,6-7,11-12H2,1-3H3. The van der Waals surface area contributed by atoms with Crippen molar-refractivity contribution in [1.29, 1.82) is 0 Å². The van der Waals surface area contributed by atoms with Crippen LogP contribution in [0.4, 0.5) is 0 Å². The summed E-state index contributed by atoms with van der Waals surface area (Å²) in [5.74, 6) is 0.439. The summed E-state index contributed by atoms with van der Waals surface area (Å²) >= 11 is 0. The van der Waals surface area contributed by atoms with Gasteiger partial charge in [0.2, 0.25) is 0 Å². The summed E-state index contributed by atoms with van der Waals surface area (Å²) in [7, 11) is 0. The Labute approximate surface area is 153 Å². The van der Waals surface area contributed by atoms with E-state index in [2.05, 4.69) is 12.2 Å². The molecular formula is C21H24N2O3. The number of hydrogen-bond donors (Lipinski definition) is 0. The zero-order valence-electron chi connectivity index (χ0n) is 15.5. The van der Waals surface area contributed by atoms with E-state index >= 15 is 0 Å². The molecule has 0 bridgehead atoms. The second-order valence-corrected chi connectivity index (χ2v) is 8.55. The fourth-order valence-electron chi connectivity index (χ4n) is 4.35. The number of rotatable bonds is 1. The molecule has 1 saturated heterocycles. The number of benzene rings is 1. The SMILES string of the molecule is CC(C)(C)N1C(=O)c2ccc(C(=O)N3CC4CC=CCC4C3)cc2C1=O. The van der Waals surface area contributed by atoms with Crippen LogP contribution in [0.1, 0.15) is 64.7 Å². The minimum atomic E-state index is -0.588. The largest absolute Gasteiger partial charge is 0.338 e. The van der Waals surface area contributed by atoms with E-state index in [0.29, 0.717) is 28.5 Å². The van der Waals surface area contributed by atoms with Crippen molar-refractivity contribution in [3.05, 3.63) is 47.0 Å². The number of fused-ring (bicyclic) bond motifs is 2. The van der Waals surface area contributed by atoms with E-state index in [1.165, 1.54) is 4.90 Å². The second kappa shape index (κ2) is 5.79. The van der Waals surface area contributed by atoms with Crippen LogP contribution in [0.3, 0.4) is 0 Å². The van der Waals surface area contributed by atoms with Gasteiger partial charge in [0.25, 0.3) is 17.7 Å². The van der Waals surface area contributed by atoms with Gasteiger partial charge in [0, 0.05) is 24.2 Å². The monoisotopic (exact) mass is 352 g/mol. The molecule has 0 spiro atoms. The van der Waals surface area contributed by atoms with Crippen molar-refractivity contribution in [1.82, 2.24) is 9.80 Å². The van der Waals surface area contributed by atoms with Crippen LogP contribution in [-0.4, -0.2) is 46.1 Å². The molecule has 2 unspecified atom stereocenters. The molecule has 1 aromatic rings. The Morgan fingerprint density at radius 2 is 1.54 bits per heavy atom. The Morgan fingerprint density at radius 1 is 0.962 bits per heavy atom. The number of hydrogen-bond acceptors (Lipinski definition) is 3. The number of carbonyl (C=O) groups excluding carboxylic acids is 3. The third kappa shape index (κ3) is 2.57. The Bertz CT molecular complexity index is 818. The van der Waals surface area contributed by atoms with Crippen LogP contribution in [0.2, 0.25) is 0 Å². The molecule has 136 valence electrons. The lowest BCUT2D eigenvalue weighted by molar-refractivity contribution is 0.0507. The van der Waals surface area contributed by atoms with Crippen molar-refractivity contribution < 1.29 is 14.4 Å². The van der Waals surface area contributed by atoms with E-state index in [9.17, 15) is 14.4 Å². The lowest BCUT2D eigenvalue weighted by Crippen LogP contribution is -2.45. The zero-order chi connectivity index (χ0) is 18.6. The van der Waals surface area contributed by atoms with Gasteiger partial charge < -0.3 is 4.90 Å². The van der Waals surface area contributed by atoms with Crippen LogP contribution >= 0.6 is 0 Å². The second-order valence-electron chi connectivity index (χ2n) is 8.55. The third-order valence-corrected chi connectivity index (χ3v) is 5.71. The Balaban J connectivity index is 1.59. The maximum Gasteiger partial charge on any atom is 0.262 e. The third-order valence-electron chi connectivity index (χ3n) is 5.71. The predicted molar refractivity (Wildman–Crippen MR) is 98.0 cm³/mol. The highest BCUT2D eigenvalue weighted by Gasteiger charge is 2.42. The topological polar surface area (TPSA) is 57.7 Å². The van der Waals surface area contributed by atoms with Crippen molar-refractivity contribution in [2.75, 3.05) is 13.1 Å². The summed E-state index contributed by atoms with van der Waals surface area (Å²) in [6, 6.07) is 4.90. The number of amides is 3. The Hall–Kier alpha value is -2.43. The number of carbonyl (C=O) groups is 3. The molecule has 0 radical (unpaired) electrons. The van der Waals surface area contributed by atoms with Gasteiger partial charge in [0.1, 0.15) is 0 Å². The quantitative estimate of drug-likeness (QED) is 0.576. The highest BCUT2D eigenvalue weighted by atomic mass is 16.2. The number of nitrogens with zero attached hydrogens (tertiary/aromatic N) is 2. The maximum atomic E-state index is 13.0. The van der Waals surface area contributed by atoms with Crippen molar-refractivity contribution in [2.24, 2.45) is 11.8 Å². The normalized spacial score (nSPS) is 24.9. The van der Waals surface area contributed by atoms with Crippen LogP contribution in [0.5, 0.6) is 0 Å². The van der Waals surface area contributed by atoms with Gasteiger partial charge in [0.05, 0.1) is 11.1 Å². The van der Waals surface area contributed by atoms with Gasteiger partial charge in [-0.3, -0.25) is 19.3 Å². The van der Waals surface area contributed by atoms with Crippen molar-refractivity contribution in [3.63, 3.8) is 0 Å². The van der Waals surface area contributed by atoms with Crippen LogP contribution in [0, 0.1) is 11.8 Å². The van der Waals surface area contributed by atoms with Gasteiger partial charge >= 0.3 is 0 Å². The summed E-state index contributed by atoms with van der Waals surface area (Å²) in [4.78, 5) is 41.4. The molecule has 4 rings (SSSR count). The molecule has 3 amide bonds. The van der Waals surface area contributed by atoms with E-state index in [1.807, 2.05) is 25.7 Å². The van der Waals surface area contributed by atoms with E-state index in [-0.39, 0.29) is 17.7 Å². The van der Waals surface area contributed by atoms with Gasteiger partial charge in [0.15, 0.2) is 0 Å². The molecule has 3 aliphatic rings. The highest BCUT2D eigenvalue weighted by Crippen LogP contribution is 2.34. The van der Waals surface area contributed by atoms with Gasteiger partial charge in [-0.25, -0.2) is 0 Å². The van der Waals surface area contributed by atoms with E-state index in [4.69, 9.17) is 0 Å². The molecule has 1 fully saturated rings. The van der Waals surface area contributed by atoms with Gasteiger partial charge in [-0.1, -0.05) is 12.2 Å². The summed E-state index contributed by atoms with van der Waals surface area (Å²) in [5.41, 5.74) is 0.636. The molecule has 2 heterocycles. The molecule has 0 saturated carbocycles. The van der Waals surface area contributed by atoms with Crippen LogP contribution < -0.4 is 0 Å². The molecule has 26 heavy (non-hydrogen) atoms. The first-order chi connectivity index (χ1) is 12.3. The molecule has 5 nitrogen and oxygen atoms in total. The van der Waals surface area contributed by atoms with Crippen molar-refractivity contribution >= 4 is 17.7 Å². The maximum absolute atomic E-state index is 13.0. The average molecular weight is 352 g/mol. The molecule has 5 heteroatoms. The predicted octanol–water partition coefficient (Wildman–Crippen LogP) is 3.12. The lowest BCUT2D eigenvalue weighted by atomic mass is 9.86. The zero-order valence-corrected chi connectivity index (χ0v) is 15.5. The summed E-state index contributed by atoms with van der Waals surface area (Å²) in [6.45, 7) is 7.04. The van der Waals surface area contributed by atoms with Gasteiger partial charge in [-0.2, -0.15) is 0 Å². The molecule has 1 aromatic carbocycles. The smallest absolute Gasteiger partial charge is 0.262 e. The molecule has 2 aliphatic heterocycles. The van der Waals surface area contributed by atoms with E-state index < -0.39 is 5.54 Å². The first kappa shape index (κ1) is 17.0. The average Bonchev–Trinajstić information content (AvgIpc) is 3.13. The molecule has 0 N–H and O–H groups in total. The number of allylic oxidation sites excluding steroid dienone is 2. The van der Waals surface area contributed by atoms with Gasteiger partial charge in [-0.15, -0.1) is 0 Å². The van der Waals surface area contributed by atoms with Crippen LogP contribution in [-0.2, 0) is 0 Å². The molecule has 0 aromatic heterocycles. The minimum Gasteiger partial charge on any atom is -0.338 e. The highest BCUT2D eigenvalue weighted by molar-refractivity contribution is 6.22. The fourth-order valence-corrected chi connectivity index (χ4v) is 4.35. The lowest BCUT2D eigenvalue weighted by Gasteiger charge is -2.29. The first-order valence-corrected chi connectivity index (χ1v) is 9.24. The first-order valence-electron chi connectivity index (χ1n) is 9.24. The van der Waals surface area contributed by atoms with Crippen LogP contribution in [0.15, 0.2) is 30.4 Å². The Kier molecular flexibility index (Phi) is 3.79. The van der Waals surface area contributed by atoms with Crippen molar-refractivity contribution in [2.45, 2.75) is 39.2 Å². The fraction of sp³-hybridized carbons (Fsp3) is 0.476. The summed E-state index contributed by atoms with van der Waals surface area (Å²) in [5, 5.41) is 0. The molecule has 2 atom stereocenters. The number of imide groups is 1. The van der Waals surface area contributed by atoms with Crippen LogP contribution in [0.25, 0.3) is 0 Å². The van der Waals surface area contributed by atoms with E-state index in [1.54, 1.807) is 18.2 Å². The van der Waals surface area contributed by atoms with Gasteiger partial charge in [-0.05, 0) is 63.6 Å². The van der Waals surface area contributed by atoms with E-state index in [0.717, 1.165) is 25.9 Å². The summed E-state index contributed by atoms with van der Waals surface area (Å²) < 4.78 is 0. The number of likely N-dealkylation sites (tertiary alicyclic amines) is 1. The Morgan fingerprint density at radius 3 is 2.12 bits per heavy atom. The molecule has 1 aliphatic carbocycles.